The number of hydrogen-bond acceptors (Lipinski definition) is 4. The maximum absolute atomic E-state index is 12.5. The number of thiophene rings is 1. The van der Waals surface area contributed by atoms with E-state index in [4.69, 9.17) is 0 Å². The summed E-state index contributed by atoms with van der Waals surface area (Å²) in [6, 6.07) is 9.82. The lowest BCUT2D eigenvalue weighted by Crippen LogP contribution is -2.50. The minimum atomic E-state index is -2.48. The third-order valence-corrected chi connectivity index (χ3v) is 5.49. The van der Waals surface area contributed by atoms with Gasteiger partial charge in [-0.05, 0) is 35.7 Å². The van der Waals surface area contributed by atoms with Crippen molar-refractivity contribution in [2.24, 2.45) is 0 Å². The van der Waals surface area contributed by atoms with Crippen molar-refractivity contribution < 1.29 is 18.4 Å². The topological polar surface area (TPSA) is 40.6 Å². The molecule has 1 aromatic heterocycles. The number of piperazine rings is 1. The first-order chi connectivity index (χ1) is 12.0. The van der Waals surface area contributed by atoms with Gasteiger partial charge in [-0.1, -0.05) is 17.8 Å². The summed E-state index contributed by atoms with van der Waals surface area (Å²) < 4.78 is 24.7. The largest absolute Gasteiger partial charge is 0.335 e. The molecular formula is C17H16F2N2O2S2. The van der Waals surface area contributed by atoms with Crippen molar-refractivity contribution >= 4 is 34.9 Å². The highest BCUT2D eigenvalue weighted by atomic mass is 32.2. The van der Waals surface area contributed by atoms with Gasteiger partial charge in [-0.25, -0.2) is 0 Å². The number of benzene rings is 1. The van der Waals surface area contributed by atoms with E-state index in [1.54, 1.807) is 28.0 Å². The maximum Gasteiger partial charge on any atom is 0.288 e. The van der Waals surface area contributed by atoms with Crippen LogP contribution in [0.5, 0.6) is 0 Å². The fourth-order valence-corrected chi connectivity index (χ4v) is 3.82. The van der Waals surface area contributed by atoms with E-state index < -0.39 is 5.76 Å². The van der Waals surface area contributed by atoms with Gasteiger partial charge < -0.3 is 9.80 Å². The molecule has 0 unspecified atom stereocenters. The number of halogens is 2. The predicted octanol–water partition coefficient (Wildman–Crippen LogP) is 3.66. The van der Waals surface area contributed by atoms with Gasteiger partial charge in [0.25, 0.3) is 17.6 Å². The molecule has 1 fully saturated rings. The minimum absolute atomic E-state index is 0.00419. The van der Waals surface area contributed by atoms with Crippen LogP contribution in [0.1, 0.15) is 20.0 Å². The molecule has 0 N–H and O–H groups in total. The Morgan fingerprint density at radius 1 is 0.960 bits per heavy atom. The Kier molecular flexibility index (Phi) is 5.70. The summed E-state index contributed by atoms with van der Waals surface area (Å²) in [5.41, 5.74) is 0.469. The van der Waals surface area contributed by atoms with Crippen molar-refractivity contribution in [3.05, 3.63) is 52.2 Å². The van der Waals surface area contributed by atoms with E-state index >= 15 is 0 Å². The van der Waals surface area contributed by atoms with E-state index in [-0.39, 0.29) is 11.8 Å². The van der Waals surface area contributed by atoms with Crippen molar-refractivity contribution in [1.29, 1.82) is 0 Å². The van der Waals surface area contributed by atoms with Crippen LogP contribution in [0.15, 0.2) is 46.7 Å². The highest BCUT2D eigenvalue weighted by Crippen LogP contribution is 2.25. The van der Waals surface area contributed by atoms with Gasteiger partial charge in [-0.15, -0.1) is 11.3 Å². The number of nitrogens with zero attached hydrogens (tertiary/aromatic N) is 2. The molecule has 3 rings (SSSR count). The Morgan fingerprint density at radius 3 is 2.08 bits per heavy atom. The van der Waals surface area contributed by atoms with Crippen molar-refractivity contribution in [2.75, 3.05) is 26.2 Å². The first-order valence-electron chi connectivity index (χ1n) is 7.71. The molecule has 2 amide bonds. The van der Waals surface area contributed by atoms with Crippen LogP contribution in [0.4, 0.5) is 8.78 Å². The molecule has 4 nitrogen and oxygen atoms in total. The number of carbonyl (C=O) groups excluding carboxylic acids is 2. The van der Waals surface area contributed by atoms with Crippen LogP contribution in [0.2, 0.25) is 0 Å². The van der Waals surface area contributed by atoms with Gasteiger partial charge in [0, 0.05) is 36.6 Å². The van der Waals surface area contributed by atoms with E-state index in [2.05, 4.69) is 0 Å². The highest BCUT2D eigenvalue weighted by Gasteiger charge is 2.25. The molecule has 25 heavy (non-hydrogen) atoms. The molecule has 1 aromatic carbocycles. The molecule has 0 spiro atoms. The Morgan fingerprint density at radius 2 is 1.56 bits per heavy atom. The lowest BCUT2D eigenvalue weighted by atomic mass is 10.2. The fraction of sp³-hybridized carbons (Fsp3) is 0.294. The standard InChI is InChI=1S/C17H16F2N2O2S2/c18-17(19)25-13-5-3-12(4-6-13)15(22)20-7-9-21(10-8-20)16(23)14-2-1-11-24-14/h1-6,11,17H,7-10H2. The van der Waals surface area contributed by atoms with Crippen molar-refractivity contribution in [3.63, 3.8) is 0 Å². The van der Waals surface area contributed by atoms with E-state index in [0.717, 1.165) is 0 Å². The second kappa shape index (κ2) is 7.97. The molecule has 2 aromatic rings. The molecule has 0 aliphatic carbocycles. The molecule has 8 heteroatoms. The van der Waals surface area contributed by atoms with Crippen LogP contribution < -0.4 is 0 Å². The Balaban J connectivity index is 1.57. The predicted molar refractivity (Wildman–Crippen MR) is 94.4 cm³/mol. The molecule has 2 heterocycles. The molecule has 132 valence electrons. The van der Waals surface area contributed by atoms with Crippen molar-refractivity contribution in [1.82, 2.24) is 9.80 Å². The van der Waals surface area contributed by atoms with Crippen LogP contribution in [0.25, 0.3) is 0 Å². The Labute approximate surface area is 152 Å². The Hall–Kier alpha value is -1.93. The van der Waals surface area contributed by atoms with Gasteiger partial charge in [0.2, 0.25) is 0 Å². The van der Waals surface area contributed by atoms with E-state index in [1.165, 1.54) is 23.5 Å². The lowest BCUT2D eigenvalue weighted by molar-refractivity contribution is 0.0538. The summed E-state index contributed by atoms with van der Waals surface area (Å²) >= 11 is 1.86. The van der Waals surface area contributed by atoms with E-state index in [1.807, 2.05) is 11.4 Å². The highest BCUT2D eigenvalue weighted by molar-refractivity contribution is 7.99. The zero-order valence-electron chi connectivity index (χ0n) is 13.2. The van der Waals surface area contributed by atoms with Crippen LogP contribution in [-0.2, 0) is 0 Å². The number of carbonyl (C=O) groups is 2. The smallest absolute Gasteiger partial charge is 0.288 e. The average Bonchev–Trinajstić information content (AvgIpc) is 3.15. The third-order valence-electron chi connectivity index (χ3n) is 3.91. The second-order valence-electron chi connectivity index (χ2n) is 5.46. The molecular weight excluding hydrogens is 366 g/mol. The summed E-state index contributed by atoms with van der Waals surface area (Å²) in [7, 11) is 0. The van der Waals surface area contributed by atoms with Gasteiger partial charge in [0.15, 0.2) is 0 Å². The number of rotatable bonds is 4. The molecule has 1 aliphatic rings. The molecule has 1 saturated heterocycles. The van der Waals surface area contributed by atoms with E-state index in [9.17, 15) is 18.4 Å². The summed E-state index contributed by atoms with van der Waals surface area (Å²) in [5.74, 6) is -2.62. The van der Waals surface area contributed by atoms with Gasteiger partial charge in [0.05, 0.1) is 4.88 Å². The average molecular weight is 382 g/mol. The lowest BCUT2D eigenvalue weighted by Gasteiger charge is -2.34. The first-order valence-corrected chi connectivity index (χ1v) is 9.47. The molecule has 0 radical (unpaired) electrons. The van der Waals surface area contributed by atoms with Crippen LogP contribution >= 0.6 is 23.1 Å². The van der Waals surface area contributed by atoms with Crippen molar-refractivity contribution in [3.8, 4) is 0 Å². The van der Waals surface area contributed by atoms with Gasteiger partial charge >= 0.3 is 0 Å². The van der Waals surface area contributed by atoms with Gasteiger partial charge in [-0.2, -0.15) is 8.78 Å². The van der Waals surface area contributed by atoms with Crippen LogP contribution in [-0.4, -0.2) is 53.6 Å². The number of hydrogen-bond donors (Lipinski definition) is 0. The number of amides is 2. The molecule has 1 aliphatic heterocycles. The summed E-state index contributed by atoms with van der Waals surface area (Å²) in [6.45, 7) is 1.90. The third kappa shape index (κ3) is 4.38. The summed E-state index contributed by atoms with van der Waals surface area (Å²) in [6.07, 6.45) is 0. The summed E-state index contributed by atoms with van der Waals surface area (Å²) in [4.78, 5) is 29.4. The zero-order chi connectivity index (χ0) is 17.8. The second-order valence-corrected chi connectivity index (χ2v) is 7.48. The van der Waals surface area contributed by atoms with Crippen molar-refractivity contribution in [2.45, 2.75) is 10.7 Å². The maximum atomic E-state index is 12.5. The zero-order valence-corrected chi connectivity index (χ0v) is 14.9. The normalized spacial score (nSPS) is 14.8. The SMILES string of the molecule is O=C(c1ccc(SC(F)F)cc1)N1CCN(C(=O)c2cccs2)CC1. The van der Waals surface area contributed by atoms with Crippen LogP contribution in [0, 0.1) is 0 Å². The quantitative estimate of drug-likeness (QED) is 0.758. The molecule has 0 saturated carbocycles. The van der Waals surface area contributed by atoms with E-state index in [0.29, 0.717) is 53.3 Å². The number of thioether (sulfide) groups is 1. The summed E-state index contributed by atoms with van der Waals surface area (Å²) in [5, 5.41) is 1.86. The van der Waals surface area contributed by atoms with Gasteiger partial charge in [-0.3, -0.25) is 9.59 Å². The molecule has 0 bridgehead atoms. The first kappa shape index (κ1) is 17.9. The monoisotopic (exact) mass is 382 g/mol. The van der Waals surface area contributed by atoms with Crippen LogP contribution in [0.3, 0.4) is 0 Å². The number of alkyl halides is 2. The van der Waals surface area contributed by atoms with Gasteiger partial charge in [0.1, 0.15) is 0 Å². The molecule has 0 atom stereocenters. The fourth-order valence-electron chi connectivity index (χ4n) is 2.63. The Bertz CT molecular complexity index is 728. The minimum Gasteiger partial charge on any atom is -0.335 e.